The number of anilines is 1. The molecule has 3 aromatic rings. The number of ether oxygens (including phenoxy) is 1. The third kappa shape index (κ3) is 3.51. The van der Waals surface area contributed by atoms with Crippen molar-refractivity contribution < 1.29 is 9.53 Å². The molecule has 138 valence electrons. The number of hydrogen-bond donors (Lipinski definition) is 2. The van der Waals surface area contributed by atoms with Gasteiger partial charge in [-0.15, -0.1) is 0 Å². The number of amides is 2. The van der Waals surface area contributed by atoms with Crippen molar-refractivity contribution in [3.8, 4) is 5.75 Å². The van der Waals surface area contributed by atoms with Gasteiger partial charge in [-0.3, -0.25) is 4.98 Å². The van der Waals surface area contributed by atoms with E-state index in [1.807, 2.05) is 49.5 Å². The van der Waals surface area contributed by atoms with E-state index in [0.29, 0.717) is 31.1 Å². The van der Waals surface area contributed by atoms with Crippen molar-refractivity contribution in [3.63, 3.8) is 0 Å². The van der Waals surface area contributed by atoms with E-state index in [0.717, 1.165) is 23.0 Å². The number of nitrogens with zero attached hydrogens (tertiary/aromatic N) is 2. The quantitative estimate of drug-likeness (QED) is 0.728. The summed E-state index contributed by atoms with van der Waals surface area (Å²) in [6.45, 7) is 3.71. The Kier molecular flexibility index (Phi) is 4.78. The Hall–Kier alpha value is -3.28. The normalized spacial score (nSPS) is 14.1. The predicted octanol–water partition coefficient (Wildman–Crippen LogP) is 4.28. The van der Waals surface area contributed by atoms with Gasteiger partial charge in [-0.2, -0.15) is 0 Å². The number of para-hydroxylation sites is 2. The smallest absolute Gasteiger partial charge is 0.322 e. The summed E-state index contributed by atoms with van der Waals surface area (Å²) < 4.78 is 5.58. The van der Waals surface area contributed by atoms with Crippen LogP contribution in [0.2, 0.25) is 0 Å². The first-order valence-electron chi connectivity index (χ1n) is 9.15. The zero-order valence-corrected chi connectivity index (χ0v) is 15.2. The van der Waals surface area contributed by atoms with Crippen molar-refractivity contribution in [1.29, 1.82) is 0 Å². The van der Waals surface area contributed by atoms with E-state index >= 15 is 0 Å². The maximum Gasteiger partial charge on any atom is 0.322 e. The number of benzene rings is 1. The third-order valence-electron chi connectivity index (χ3n) is 4.71. The molecule has 2 aromatic heterocycles. The second kappa shape index (κ2) is 7.53. The van der Waals surface area contributed by atoms with E-state index in [1.165, 1.54) is 5.57 Å². The zero-order chi connectivity index (χ0) is 18.6. The Bertz CT molecular complexity index is 993. The summed E-state index contributed by atoms with van der Waals surface area (Å²) >= 11 is 0. The van der Waals surface area contributed by atoms with Gasteiger partial charge in [0, 0.05) is 31.0 Å². The van der Waals surface area contributed by atoms with Crippen LogP contribution in [0.3, 0.4) is 0 Å². The van der Waals surface area contributed by atoms with Gasteiger partial charge in [0.2, 0.25) is 0 Å². The van der Waals surface area contributed by atoms with Gasteiger partial charge in [-0.25, -0.2) is 4.79 Å². The monoisotopic (exact) mass is 362 g/mol. The minimum Gasteiger partial charge on any atom is -0.492 e. The number of carbonyl (C=O) groups excluding carboxylic acids is 1. The number of fused-ring (bicyclic) bond motifs is 1. The molecule has 0 radical (unpaired) electrons. The Morgan fingerprint density at radius 3 is 3.00 bits per heavy atom. The number of aromatic amines is 1. The molecular formula is C21H22N4O2. The van der Waals surface area contributed by atoms with Gasteiger partial charge in [0.05, 0.1) is 23.3 Å². The maximum atomic E-state index is 12.6. The number of hydrogen-bond acceptors (Lipinski definition) is 3. The summed E-state index contributed by atoms with van der Waals surface area (Å²) in [5.74, 6) is 0.687. The zero-order valence-electron chi connectivity index (χ0n) is 15.2. The van der Waals surface area contributed by atoms with Crippen molar-refractivity contribution in [3.05, 3.63) is 60.4 Å². The Morgan fingerprint density at radius 2 is 2.19 bits per heavy atom. The van der Waals surface area contributed by atoms with E-state index < -0.39 is 0 Å². The van der Waals surface area contributed by atoms with Crippen molar-refractivity contribution in [2.75, 3.05) is 25.0 Å². The topological polar surface area (TPSA) is 70.2 Å². The van der Waals surface area contributed by atoms with Gasteiger partial charge in [0.1, 0.15) is 5.75 Å². The van der Waals surface area contributed by atoms with E-state index in [-0.39, 0.29) is 6.03 Å². The molecule has 0 unspecified atom stereocenters. The van der Waals surface area contributed by atoms with Gasteiger partial charge >= 0.3 is 6.03 Å². The number of carbonyl (C=O) groups is 1. The Balaban J connectivity index is 1.46. The molecule has 4 rings (SSSR count). The second-order valence-corrected chi connectivity index (χ2v) is 6.39. The second-order valence-electron chi connectivity index (χ2n) is 6.39. The standard InChI is InChI=1S/C21H22N4O2/c1-2-27-19-8-4-3-6-17(19)24-21(26)25-12-9-15(10-13-25)16-14-23-18-7-5-11-22-20(16)18/h3-9,11,14,23H,2,10,12-13H2,1H3,(H,24,26). The van der Waals surface area contributed by atoms with E-state index in [1.54, 1.807) is 11.1 Å². The Morgan fingerprint density at radius 1 is 1.30 bits per heavy atom. The van der Waals surface area contributed by atoms with Crippen LogP contribution >= 0.6 is 0 Å². The number of nitrogens with one attached hydrogen (secondary N) is 2. The molecule has 0 saturated carbocycles. The summed E-state index contributed by atoms with van der Waals surface area (Å²) in [6, 6.07) is 11.3. The number of pyridine rings is 1. The highest BCUT2D eigenvalue weighted by Gasteiger charge is 2.20. The summed E-state index contributed by atoms with van der Waals surface area (Å²) in [5, 5.41) is 2.96. The van der Waals surface area contributed by atoms with Gasteiger partial charge in [-0.05, 0) is 43.2 Å². The van der Waals surface area contributed by atoms with Gasteiger partial charge < -0.3 is 19.9 Å². The van der Waals surface area contributed by atoms with Crippen LogP contribution in [-0.2, 0) is 0 Å². The van der Waals surface area contributed by atoms with Crippen molar-refractivity contribution >= 4 is 28.3 Å². The molecule has 0 fully saturated rings. The molecule has 2 amide bonds. The molecule has 2 N–H and O–H groups in total. The summed E-state index contributed by atoms with van der Waals surface area (Å²) in [4.78, 5) is 22.2. The number of aromatic nitrogens is 2. The first-order chi connectivity index (χ1) is 13.3. The minimum atomic E-state index is -0.116. The average molecular weight is 362 g/mol. The van der Waals surface area contributed by atoms with Crippen LogP contribution < -0.4 is 10.1 Å². The SMILES string of the molecule is CCOc1ccccc1NC(=O)N1CC=C(c2c[nH]c3cccnc23)CC1. The van der Waals surface area contributed by atoms with E-state index in [2.05, 4.69) is 21.4 Å². The molecule has 0 aliphatic carbocycles. The molecular weight excluding hydrogens is 340 g/mol. The molecule has 1 aromatic carbocycles. The van der Waals surface area contributed by atoms with E-state index in [4.69, 9.17) is 4.74 Å². The van der Waals surface area contributed by atoms with Crippen LogP contribution in [-0.4, -0.2) is 40.6 Å². The van der Waals surface area contributed by atoms with Crippen LogP contribution in [0.4, 0.5) is 10.5 Å². The molecule has 6 nitrogen and oxygen atoms in total. The van der Waals surface area contributed by atoms with Crippen molar-refractivity contribution in [1.82, 2.24) is 14.9 Å². The fourth-order valence-electron chi connectivity index (χ4n) is 3.34. The number of urea groups is 1. The largest absolute Gasteiger partial charge is 0.492 e. The van der Waals surface area contributed by atoms with Crippen molar-refractivity contribution in [2.45, 2.75) is 13.3 Å². The first kappa shape index (κ1) is 17.1. The third-order valence-corrected chi connectivity index (χ3v) is 4.71. The van der Waals surface area contributed by atoms with Crippen LogP contribution in [0, 0.1) is 0 Å². The molecule has 1 aliphatic rings. The Labute approximate surface area is 157 Å². The van der Waals surface area contributed by atoms with Crippen LogP contribution in [0.15, 0.2) is 54.9 Å². The highest BCUT2D eigenvalue weighted by Crippen LogP contribution is 2.29. The minimum absolute atomic E-state index is 0.116. The molecule has 0 atom stereocenters. The lowest BCUT2D eigenvalue weighted by Gasteiger charge is -2.27. The summed E-state index contributed by atoms with van der Waals surface area (Å²) in [7, 11) is 0. The summed E-state index contributed by atoms with van der Waals surface area (Å²) in [6.07, 6.45) is 6.70. The highest BCUT2D eigenvalue weighted by atomic mass is 16.5. The fraction of sp³-hybridized carbons (Fsp3) is 0.238. The lowest BCUT2D eigenvalue weighted by atomic mass is 10.0. The molecule has 27 heavy (non-hydrogen) atoms. The summed E-state index contributed by atoms with van der Waals surface area (Å²) in [5.41, 5.74) is 5.04. The van der Waals surface area contributed by atoms with Crippen molar-refractivity contribution in [2.24, 2.45) is 0 Å². The predicted molar refractivity (Wildman–Crippen MR) is 107 cm³/mol. The van der Waals surface area contributed by atoms with Crippen LogP contribution in [0.25, 0.3) is 16.6 Å². The molecule has 6 heteroatoms. The molecule has 0 bridgehead atoms. The molecule has 1 aliphatic heterocycles. The maximum absolute atomic E-state index is 12.6. The van der Waals surface area contributed by atoms with Gasteiger partial charge in [-0.1, -0.05) is 18.2 Å². The van der Waals surface area contributed by atoms with Gasteiger partial charge in [0.25, 0.3) is 0 Å². The molecule has 3 heterocycles. The first-order valence-corrected chi connectivity index (χ1v) is 9.15. The van der Waals surface area contributed by atoms with Crippen LogP contribution in [0.5, 0.6) is 5.75 Å². The van der Waals surface area contributed by atoms with E-state index in [9.17, 15) is 4.79 Å². The number of rotatable bonds is 4. The lowest BCUT2D eigenvalue weighted by Crippen LogP contribution is -2.38. The highest BCUT2D eigenvalue weighted by molar-refractivity contribution is 5.93. The molecule has 0 spiro atoms. The molecule has 0 saturated heterocycles. The van der Waals surface area contributed by atoms with Crippen LogP contribution in [0.1, 0.15) is 18.9 Å². The van der Waals surface area contributed by atoms with Gasteiger partial charge in [0.15, 0.2) is 0 Å². The average Bonchev–Trinajstić information content (AvgIpc) is 3.14. The lowest BCUT2D eigenvalue weighted by molar-refractivity contribution is 0.217. The fourth-order valence-corrected chi connectivity index (χ4v) is 3.34. The number of H-pyrrole nitrogens is 1.